The van der Waals surface area contributed by atoms with Gasteiger partial charge in [0.25, 0.3) is 0 Å². The second-order valence-corrected chi connectivity index (χ2v) is 1.74. The van der Waals surface area contributed by atoms with E-state index in [1.54, 1.807) is 0 Å². The molecule has 0 aromatic carbocycles. The van der Waals surface area contributed by atoms with Crippen LogP contribution >= 0.6 is 0 Å². The second-order valence-electron chi connectivity index (χ2n) is 1.74. The van der Waals surface area contributed by atoms with Crippen molar-refractivity contribution in [2.45, 2.75) is 0 Å². The van der Waals surface area contributed by atoms with Gasteiger partial charge in [0.05, 0.1) is 0 Å². The monoisotopic (exact) mass is 99.1 g/mol. The molecule has 0 saturated heterocycles. The van der Waals surface area contributed by atoms with Crippen molar-refractivity contribution in [1.82, 2.24) is 5.32 Å². The number of allylic oxidation sites excluding steroid dienone is 4. The van der Waals surface area contributed by atoms with E-state index in [4.69, 9.17) is 0 Å². The summed E-state index contributed by atoms with van der Waals surface area (Å²) in [7, 11) is 0. The quantitative estimate of drug-likeness (QED) is 0.440. The molecule has 0 bridgehead atoms. The standard InChI is InChI=1S/C6H6N.Li/c1-2-4-6-7-5-3-1;/h1-5,7H;. The van der Waals surface area contributed by atoms with Crippen molar-refractivity contribution in [2.75, 3.05) is 0 Å². The first kappa shape index (κ1) is 5.75. The molecule has 0 amide bonds. The van der Waals surface area contributed by atoms with E-state index in [2.05, 4.69) is 5.32 Å². The first-order valence-electron chi connectivity index (χ1n) is 2.66. The average Bonchev–Trinajstić information content (AvgIpc) is 1.94. The van der Waals surface area contributed by atoms with Crippen LogP contribution in [0.25, 0.3) is 0 Å². The van der Waals surface area contributed by atoms with Gasteiger partial charge in [0.1, 0.15) is 0 Å². The Morgan fingerprint density at radius 2 is 2.12 bits per heavy atom. The van der Waals surface area contributed by atoms with E-state index in [0.717, 1.165) is 0 Å². The van der Waals surface area contributed by atoms with Crippen LogP contribution in [0.15, 0.2) is 34.9 Å². The van der Waals surface area contributed by atoms with E-state index >= 15 is 0 Å². The summed E-state index contributed by atoms with van der Waals surface area (Å²) in [6, 6.07) is 0. The Morgan fingerprint density at radius 1 is 1.25 bits per heavy atom. The van der Waals surface area contributed by atoms with Gasteiger partial charge in [0.15, 0.2) is 0 Å². The van der Waals surface area contributed by atoms with Crippen molar-refractivity contribution >= 4 is 17.7 Å². The van der Waals surface area contributed by atoms with Crippen LogP contribution < -0.4 is 5.32 Å². The molecule has 0 fully saturated rings. The Balaban J connectivity index is 2.69. The van der Waals surface area contributed by atoms with Crippen molar-refractivity contribution in [3.63, 3.8) is 0 Å². The molecule has 0 aromatic rings. The zero-order valence-electron chi connectivity index (χ0n) is 4.89. The van der Waals surface area contributed by atoms with Crippen LogP contribution in [0, 0.1) is 0 Å². The van der Waals surface area contributed by atoms with Crippen LogP contribution in [0.3, 0.4) is 0 Å². The molecule has 1 aliphatic heterocycles. The van der Waals surface area contributed by atoms with Crippen LogP contribution in [0.5, 0.6) is 0 Å². The molecule has 1 nitrogen and oxygen atoms in total. The van der Waals surface area contributed by atoms with E-state index in [1.165, 1.54) is 4.37 Å². The molecule has 0 aromatic heterocycles. The topological polar surface area (TPSA) is 12.0 Å². The summed E-state index contributed by atoms with van der Waals surface area (Å²) in [5.41, 5.74) is 0. The number of hydrogen-bond donors (Lipinski definition) is 1. The van der Waals surface area contributed by atoms with Crippen LogP contribution in [-0.4, -0.2) is 17.7 Å². The van der Waals surface area contributed by atoms with Gasteiger partial charge in [0.2, 0.25) is 0 Å². The summed E-state index contributed by atoms with van der Waals surface area (Å²) in [5, 5.41) is 3.06. The molecule has 36 valence electrons. The van der Waals surface area contributed by atoms with Gasteiger partial charge in [-0.3, -0.25) is 0 Å². The van der Waals surface area contributed by atoms with Crippen LogP contribution in [0.2, 0.25) is 0 Å². The molecule has 8 heavy (non-hydrogen) atoms. The number of nitrogens with one attached hydrogen (secondary N) is 1. The molecule has 0 atom stereocenters. The van der Waals surface area contributed by atoms with Crippen molar-refractivity contribution in [2.24, 2.45) is 0 Å². The molecule has 1 N–H and O–H groups in total. The van der Waals surface area contributed by atoms with Crippen molar-refractivity contribution in [1.29, 1.82) is 0 Å². The van der Waals surface area contributed by atoms with E-state index in [9.17, 15) is 0 Å². The number of hydrogen-bond acceptors (Lipinski definition) is 1. The van der Waals surface area contributed by atoms with Crippen LogP contribution in [0.4, 0.5) is 0 Å². The Morgan fingerprint density at radius 3 is 3.00 bits per heavy atom. The molecule has 0 saturated carbocycles. The Kier molecular flexibility index (Phi) is 2.02. The normalized spacial score (nSPS) is 17.0. The van der Waals surface area contributed by atoms with Crippen LogP contribution in [-0.2, 0) is 0 Å². The van der Waals surface area contributed by atoms with Crippen molar-refractivity contribution in [3.05, 3.63) is 34.9 Å². The van der Waals surface area contributed by atoms with Gasteiger partial charge in [-0.05, 0) is 0 Å². The fourth-order valence-corrected chi connectivity index (χ4v) is 0.547. The Labute approximate surface area is 58.4 Å². The van der Waals surface area contributed by atoms with Gasteiger partial charge >= 0.3 is 57.9 Å². The van der Waals surface area contributed by atoms with Gasteiger partial charge in [-0.2, -0.15) is 0 Å². The van der Waals surface area contributed by atoms with Crippen molar-refractivity contribution < 1.29 is 0 Å². The first-order valence-corrected chi connectivity index (χ1v) is 2.66. The molecule has 2 heteroatoms. The first-order chi connectivity index (χ1) is 3.89. The van der Waals surface area contributed by atoms with E-state index in [-0.39, 0.29) is 0 Å². The van der Waals surface area contributed by atoms with E-state index in [1.807, 2.05) is 48.2 Å². The fourth-order valence-electron chi connectivity index (χ4n) is 0.547. The SMILES string of the molecule is [Li][C]1=CC=CC=CN1. The zero-order chi connectivity index (χ0) is 5.82. The van der Waals surface area contributed by atoms with Gasteiger partial charge < -0.3 is 0 Å². The van der Waals surface area contributed by atoms with Crippen LogP contribution in [0.1, 0.15) is 0 Å². The maximum atomic E-state index is 3.06. The molecule has 1 aliphatic rings. The summed E-state index contributed by atoms with van der Waals surface area (Å²) in [5.74, 6) is 0. The van der Waals surface area contributed by atoms with Gasteiger partial charge in [-0.25, -0.2) is 0 Å². The fraction of sp³-hybridized carbons (Fsp3) is 0. The summed E-state index contributed by atoms with van der Waals surface area (Å²) in [6.07, 6.45) is 9.90. The Bertz CT molecular complexity index is 156. The summed E-state index contributed by atoms with van der Waals surface area (Å²) in [4.78, 5) is 0. The van der Waals surface area contributed by atoms with E-state index < -0.39 is 0 Å². The van der Waals surface area contributed by atoms with Gasteiger partial charge in [-0.15, -0.1) is 0 Å². The van der Waals surface area contributed by atoms with Crippen molar-refractivity contribution in [3.8, 4) is 0 Å². The third-order valence-electron chi connectivity index (χ3n) is 0.976. The molecule has 0 radical (unpaired) electrons. The van der Waals surface area contributed by atoms with Gasteiger partial charge in [0, 0.05) is 0 Å². The Hall–Kier alpha value is -0.383. The molecule has 1 heterocycles. The van der Waals surface area contributed by atoms with E-state index in [0.29, 0.717) is 0 Å². The second kappa shape index (κ2) is 2.81. The molecule has 0 aliphatic carbocycles. The van der Waals surface area contributed by atoms with Gasteiger partial charge in [-0.1, -0.05) is 0 Å². The molecular formula is C6H6LiN. The molecule has 0 unspecified atom stereocenters. The third kappa shape index (κ3) is 1.61. The zero-order valence-corrected chi connectivity index (χ0v) is 4.89. The number of rotatable bonds is 0. The summed E-state index contributed by atoms with van der Waals surface area (Å²) >= 11 is 2.03. The molecular weight excluding hydrogens is 93.0 g/mol. The average molecular weight is 99.1 g/mol. The maximum absolute atomic E-state index is 3.06. The minimum absolute atomic E-state index is 1.18. The summed E-state index contributed by atoms with van der Waals surface area (Å²) < 4.78 is 1.18. The predicted octanol–water partition coefficient (Wildman–Crippen LogP) is 0.669. The minimum atomic E-state index is 1.18. The summed E-state index contributed by atoms with van der Waals surface area (Å²) in [6.45, 7) is 0. The molecule has 1 rings (SSSR count). The molecule has 0 spiro atoms. The third-order valence-corrected chi connectivity index (χ3v) is 0.976. The predicted molar refractivity (Wildman–Crippen MR) is 35.3 cm³/mol.